The SMILES string of the molecule is Cc1ccccc1N(c1cc2c3c(c1)N(c1ccc(C(C)(C)C)cc1-c1ccccc1)c1cc4c(cc1B3N1c3c-2cc(C(C)(C)C)cc3C2(C)CCCCC12C)oc1cc2c(cc14)C(C)(C)CCC2(C)C)c1ccccc1C. The van der Waals surface area contributed by atoms with Gasteiger partial charge in [-0.15, -0.1) is 0 Å². The molecular formula is C74H78BN3O. The number of rotatable bonds is 5. The van der Waals surface area contributed by atoms with E-state index in [1.165, 1.54) is 130 Å². The Hall–Kier alpha value is -6.98. The van der Waals surface area contributed by atoms with Gasteiger partial charge in [-0.1, -0.05) is 168 Å². The molecule has 0 N–H and O–H groups in total. The second-order valence-electron chi connectivity index (χ2n) is 28.4. The number of fused-ring (bicyclic) bond motifs is 11. The van der Waals surface area contributed by atoms with Crippen LogP contribution < -0.4 is 25.5 Å². The molecule has 3 aliphatic heterocycles. The molecule has 14 rings (SSSR count). The molecule has 0 bridgehead atoms. The third-order valence-corrected chi connectivity index (χ3v) is 20.6. The molecule has 2 unspecified atom stereocenters. The van der Waals surface area contributed by atoms with Crippen LogP contribution in [0.2, 0.25) is 0 Å². The van der Waals surface area contributed by atoms with E-state index in [-0.39, 0.29) is 39.5 Å². The number of hydrogen-bond acceptors (Lipinski definition) is 4. The Morgan fingerprint density at radius 2 is 1.10 bits per heavy atom. The lowest BCUT2D eigenvalue weighted by Crippen LogP contribution is -2.70. The average Bonchev–Trinajstić information content (AvgIpc) is 3.22. The molecule has 0 spiro atoms. The van der Waals surface area contributed by atoms with Crippen LogP contribution in [0.15, 0.2) is 150 Å². The van der Waals surface area contributed by atoms with Gasteiger partial charge in [-0.05, 0) is 196 Å². The first kappa shape index (κ1) is 50.3. The summed E-state index contributed by atoms with van der Waals surface area (Å²) in [6.07, 6.45) is 7.05. The first-order valence-electron chi connectivity index (χ1n) is 29.6. The zero-order valence-corrected chi connectivity index (χ0v) is 49.4. The molecule has 2 aliphatic carbocycles. The Kier molecular flexibility index (Phi) is 10.7. The number of para-hydroxylation sites is 2. The van der Waals surface area contributed by atoms with Crippen molar-refractivity contribution in [3.05, 3.63) is 185 Å². The summed E-state index contributed by atoms with van der Waals surface area (Å²) in [5, 5.41) is 2.38. The van der Waals surface area contributed by atoms with Crippen molar-refractivity contribution in [2.24, 2.45) is 0 Å². The summed E-state index contributed by atoms with van der Waals surface area (Å²) in [4.78, 5) is 8.26. The third kappa shape index (κ3) is 7.18. The summed E-state index contributed by atoms with van der Waals surface area (Å²) in [7, 11) is 0. The molecule has 0 saturated heterocycles. The van der Waals surface area contributed by atoms with Crippen molar-refractivity contribution in [1.29, 1.82) is 0 Å². The Labute approximate surface area is 471 Å². The largest absolute Gasteiger partial charge is 0.456 e. The van der Waals surface area contributed by atoms with E-state index in [4.69, 9.17) is 4.42 Å². The van der Waals surface area contributed by atoms with Gasteiger partial charge in [0.15, 0.2) is 0 Å². The number of benzene rings is 8. The second-order valence-corrected chi connectivity index (χ2v) is 28.4. The normalized spacial score (nSPS) is 20.5. The highest BCUT2D eigenvalue weighted by molar-refractivity contribution is 6.93. The summed E-state index contributed by atoms with van der Waals surface area (Å²) >= 11 is 0. The van der Waals surface area contributed by atoms with Gasteiger partial charge in [0, 0.05) is 67.0 Å². The molecule has 79 heavy (non-hydrogen) atoms. The summed E-state index contributed by atoms with van der Waals surface area (Å²) in [5.41, 5.74) is 27.6. The minimum atomic E-state index is -0.159. The predicted molar refractivity (Wildman–Crippen MR) is 338 cm³/mol. The first-order chi connectivity index (χ1) is 37.5. The smallest absolute Gasteiger partial charge is 0.329 e. The summed E-state index contributed by atoms with van der Waals surface area (Å²) in [6.45, 7) is 33.7. The zero-order valence-electron chi connectivity index (χ0n) is 49.4. The first-order valence-corrected chi connectivity index (χ1v) is 29.6. The maximum Gasteiger partial charge on any atom is 0.329 e. The van der Waals surface area contributed by atoms with Crippen LogP contribution in [0.5, 0.6) is 0 Å². The van der Waals surface area contributed by atoms with Crippen LogP contribution in [0.25, 0.3) is 44.2 Å². The fourth-order valence-corrected chi connectivity index (χ4v) is 15.6. The highest BCUT2D eigenvalue weighted by Gasteiger charge is 2.63. The van der Waals surface area contributed by atoms with Gasteiger partial charge < -0.3 is 19.0 Å². The number of aryl methyl sites for hydroxylation is 2. The van der Waals surface area contributed by atoms with E-state index < -0.39 is 0 Å². The van der Waals surface area contributed by atoms with Crippen molar-refractivity contribution in [3.8, 4) is 22.3 Å². The van der Waals surface area contributed by atoms with Crippen LogP contribution in [-0.2, 0) is 27.1 Å². The lowest BCUT2D eigenvalue weighted by Gasteiger charge is -2.55. The molecule has 2 atom stereocenters. The molecule has 0 amide bonds. The maximum absolute atomic E-state index is 7.35. The quantitative estimate of drug-likeness (QED) is 0.160. The molecule has 5 aliphatic rings. The van der Waals surface area contributed by atoms with Crippen molar-refractivity contribution in [2.75, 3.05) is 14.6 Å². The highest BCUT2D eigenvalue weighted by atomic mass is 16.3. The van der Waals surface area contributed by atoms with Crippen LogP contribution in [0.4, 0.5) is 39.8 Å². The van der Waals surface area contributed by atoms with Crippen molar-refractivity contribution in [1.82, 2.24) is 0 Å². The van der Waals surface area contributed by atoms with Crippen molar-refractivity contribution in [2.45, 2.75) is 168 Å². The van der Waals surface area contributed by atoms with E-state index >= 15 is 0 Å². The summed E-state index contributed by atoms with van der Waals surface area (Å²) < 4.78 is 7.35. The fourth-order valence-electron chi connectivity index (χ4n) is 15.6. The van der Waals surface area contributed by atoms with Crippen molar-refractivity contribution in [3.63, 3.8) is 0 Å². The topological polar surface area (TPSA) is 22.9 Å². The Balaban J connectivity index is 1.17. The van der Waals surface area contributed by atoms with Crippen LogP contribution in [0.1, 0.15) is 161 Å². The predicted octanol–water partition coefficient (Wildman–Crippen LogP) is 19.3. The zero-order chi connectivity index (χ0) is 55.1. The van der Waals surface area contributed by atoms with Crippen molar-refractivity contribution < 1.29 is 4.42 Å². The minimum Gasteiger partial charge on any atom is -0.456 e. The van der Waals surface area contributed by atoms with Crippen molar-refractivity contribution >= 4 is 79.5 Å². The molecule has 9 aromatic rings. The Morgan fingerprint density at radius 3 is 1.76 bits per heavy atom. The molecule has 8 aromatic carbocycles. The van der Waals surface area contributed by atoms with E-state index in [0.717, 1.165) is 42.5 Å². The van der Waals surface area contributed by atoms with E-state index in [9.17, 15) is 0 Å². The van der Waals surface area contributed by atoms with Crippen LogP contribution in [0.3, 0.4) is 0 Å². The molecule has 4 nitrogen and oxygen atoms in total. The van der Waals surface area contributed by atoms with Gasteiger partial charge in [0.05, 0.1) is 5.69 Å². The molecule has 5 heteroatoms. The standard InChI is InChI=1S/C74H78BN3O/c1-45-24-18-20-28-60(45)76(61-29-21-19-25-46(61)2)50-39-54-55-37-49(70(6,7)8)38-58-68(55)78(74(14)33-23-22-32-73(58,74)13)75-59-44-66-53(52-41-56-57(43-65(52)79-66)72(11,12)35-34-71(56,9)10)42-63(59)77(64(40-50)67(54)75)62-31-30-48(69(3,4)5)36-51(62)47-26-16-15-17-27-47/h15-21,24-31,36-44H,22-23,32-35H2,1-14H3. The van der Waals surface area contributed by atoms with E-state index in [2.05, 4.69) is 257 Å². The molecule has 398 valence electrons. The van der Waals surface area contributed by atoms with Gasteiger partial charge in [0.25, 0.3) is 0 Å². The van der Waals surface area contributed by atoms with Gasteiger partial charge in [0.1, 0.15) is 11.2 Å². The highest BCUT2D eigenvalue weighted by Crippen LogP contribution is 2.64. The maximum atomic E-state index is 7.35. The number of hydrogen-bond donors (Lipinski definition) is 0. The van der Waals surface area contributed by atoms with Crippen LogP contribution >= 0.6 is 0 Å². The molecule has 4 heterocycles. The molecule has 1 aromatic heterocycles. The van der Waals surface area contributed by atoms with Gasteiger partial charge >= 0.3 is 6.85 Å². The third-order valence-electron chi connectivity index (χ3n) is 20.6. The molecular weight excluding hydrogens is 958 g/mol. The minimum absolute atomic E-state index is 0.0476. The Morgan fingerprint density at radius 1 is 0.506 bits per heavy atom. The fraction of sp³-hybridized carbons (Fsp3) is 0.351. The van der Waals surface area contributed by atoms with Crippen LogP contribution in [0, 0.1) is 13.8 Å². The van der Waals surface area contributed by atoms with Gasteiger partial charge in [0.2, 0.25) is 0 Å². The number of furan rings is 1. The number of nitrogens with zero attached hydrogens (tertiary/aromatic N) is 3. The molecule has 1 fully saturated rings. The lowest BCUT2D eigenvalue weighted by atomic mass is 9.42. The Bertz CT molecular complexity index is 3990. The second kappa shape index (κ2) is 16.8. The van der Waals surface area contributed by atoms with E-state index in [1.54, 1.807) is 0 Å². The summed E-state index contributed by atoms with van der Waals surface area (Å²) in [6, 6.07) is 56.9. The van der Waals surface area contributed by atoms with Gasteiger partial charge in [-0.25, -0.2) is 0 Å². The lowest BCUT2D eigenvalue weighted by molar-refractivity contribution is 0.199. The van der Waals surface area contributed by atoms with Crippen LogP contribution in [-0.4, -0.2) is 12.4 Å². The molecule has 0 radical (unpaired) electrons. The van der Waals surface area contributed by atoms with E-state index in [1.807, 2.05) is 0 Å². The summed E-state index contributed by atoms with van der Waals surface area (Å²) in [5.74, 6) is 0. The van der Waals surface area contributed by atoms with Gasteiger partial charge in [-0.3, -0.25) is 0 Å². The van der Waals surface area contributed by atoms with Gasteiger partial charge in [-0.2, -0.15) is 0 Å². The average molecular weight is 1040 g/mol. The monoisotopic (exact) mass is 1040 g/mol. The van der Waals surface area contributed by atoms with E-state index in [0.29, 0.717) is 0 Å². The molecule has 1 saturated carbocycles. The number of anilines is 7.